The lowest BCUT2D eigenvalue weighted by atomic mass is 9.77. The van der Waals surface area contributed by atoms with Gasteiger partial charge in [0.25, 0.3) is 5.69 Å². The first-order valence-electron chi connectivity index (χ1n) is 10.8. The smallest absolute Gasteiger partial charge is 0.282 e. The number of carboxylic acids is 1. The molecule has 1 N–H and O–H groups in total. The molecule has 0 bridgehead atoms. The minimum atomic E-state index is -1.25. The number of anilines is 1. The fraction of sp³-hybridized carbons (Fsp3) is 0.240. The zero-order valence-corrected chi connectivity index (χ0v) is 20.0. The summed E-state index contributed by atoms with van der Waals surface area (Å²) in [4.78, 5) is 23.3. The van der Waals surface area contributed by atoms with Crippen LogP contribution in [-0.2, 0) is 0 Å². The van der Waals surface area contributed by atoms with Crippen molar-refractivity contribution in [3.8, 4) is 0 Å². The van der Waals surface area contributed by atoms with Crippen LogP contribution in [0.25, 0.3) is 0 Å². The summed E-state index contributed by atoms with van der Waals surface area (Å²) in [6, 6.07) is 19.0. The van der Waals surface area contributed by atoms with E-state index in [4.69, 9.17) is 23.2 Å². The van der Waals surface area contributed by atoms with Crippen molar-refractivity contribution in [3.05, 3.63) is 98.6 Å². The Labute approximate surface area is 210 Å². The summed E-state index contributed by atoms with van der Waals surface area (Å²) in [7, 11) is 0. The van der Waals surface area contributed by atoms with E-state index in [0.29, 0.717) is 16.3 Å². The van der Waals surface area contributed by atoms with Gasteiger partial charge in [-0.1, -0.05) is 48.0 Å². The molecule has 1 aliphatic heterocycles. The Morgan fingerprint density at radius 1 is 1.06 bits per heavy atom. The normalized spacial score (nSPS) is 25.2. The third-order valence-corrected chi connectivity index (χ3v) is 9.09. The molecule has 5 atom stereocenters. The first-order valence-corrected chi connectivity index (χ1v) is 12.4. The number of thioether (sulfide) groups is 1. The highest BCUT2D eigenvalue weighted by atomic mass is 35.5. The quantitative estimate of drug-likeness (QED) is 0.269. The predicted octanol–water partition coefficient (Wildman–Crippen LogP) is 5.65. The number of nitro benzene ring substituents is 1. The van der Waals surface area contributed by atoms with Crippen molar-refractivity contribution in [2.24, 2.45) is 5.92 Å². The summed E-state index contributed by atoms with van der Waals surface area (Å²) in [5.41, 5.74) is 2.70. The summed E-state index contributed by atoms with van der Waals surface area (Å²) < 4.78 is 0. The molecule has 1 saturated carbocycles. The molecule has 0 spiro atoms. The van der Waals surface area contributed by atoms with Gasteiger partial charge in [0.05, 0.1) is 27.2 Å². The second kappa shape index (κ2) is 9.13. The molecule has 9 heteroatoms. The molecule has 3 aromatic carbocycles. The first kappa shape index (κ1) is 23.0. The number of hydrogen-bond donors (Lipinski definition) is 1. The van der Waals surface area contributed by atoms with Crippen LogP contribution in [0.4, 0.5) is 11.4 Å². The van der Waals surface area contributed by atoms with Gasteiger partial charge in [0, 0.05) is 27.9 Å². The van der Waals surface area contributed by atoms with Crippen molar-refractivity contribution in [2.45, 2.75) is 33.9 Å². The van der Waals surface area contributed by atoms with Crippen LogP contribution in [0.1, 0.15) is 39.9 Å². The number of aromatic carboxylic acids is 1. The molecule has 2 aliphatic rings. The van der Waals surface area contributed by atoms with Gasteiger partial charge in [-0.15, -0.1) is 23.4 Å². The minimum absolute atomic E-state index is 0.00664. The number of alkyl halides is 1. The molecule has 1 heterocycles. The molecular weight excluding hydrogens is 495 g/mol. The Kier molecular flexibility index (Phi) is 6.18. The minimum Gasteiger partial charge on any atom is -0.545 e. The van der Waals surface area contributed by atoms with Crippen LogP contribution < -0.4 is 10.4 Å². The van der Waals surface area contributed by atoms with Gasteiger partial charge < -0.3 is 15.2 Å². The maximum absolute atomic E-state index is 11.5. The number of nitrogens with one attached hydrogen (secondary N) is 1. The Morgan fingerprint density at radius 2 is 1.79 bits per heavy atom. The molecule has 1 fully saturated rings. The van der Waals surface area contributed by atoms with Crippen molar-refractivity contribution in [1.82, 2.24) is 0 Å². The number of nitrogens with zero attached hydrogens (tertiary/aromatic N) is 1. The van der Waals surface area contributed by atoms with E-state index in [1.54, 1.807) is 30.3 Å². The number of benzene rings is 3. The van der Waals surface area contributed by atoms with E-state index in [1.807, 2.05) is 24.3 Å². The molecule has 6 nitrogen and oxygen atoms in total. The van der Waals surface area contributed by atoms with Crippen LogP contribution in [-0.4, -0.2) is 21.5 Å². The lowest BCUT2D eigenvalue weighted by Crippen LogP contribution is -2.32. The van der Waals surface area contributed by atoms with Gasteiger partial charge in [-0.05, 0) is 53.3 Å². The van der Waals surface area contributed by atoms with Crippen LogP contribution in [0, 0.1) is 16.0 Å². The van der Waals surface area contributed by atoms with E-state index in [9.17, 15) is 20.0 Å². The number of para-hydroxylation sites is 1. The van der Waals surface area contributed by atoms with E-state index in [-0.39, 0.29) is 44.7 Å². The molecule has 3 aromatic rings. The van der Waals surface area contributed by atoms with Crippen LogP contribution in [0.5, 0.6) is 0 Å². The Balaban J connectivity index is 1.57. The predicted molar refractivity (Wildman–Crippen MR) is 132 cm³/mol. The highest BCUT2D eigenvalue weighted by molar-refractivity contribution is 8.00. The first-order chi connectivity index (χ1) is 16.3. The molecule has 0 unspecified atom stereocenters. The summed E-state index contributed by atoms with van der Waals surface area (Å²) in [5, 5.41) is 26.8. The molecule has 0 amide bonds. The second-order valence-corrected chi connectivity index (χ2v) is 10.7. The molecular formula is C25H19Cl2N2O4S-. The molecule has 174 valence electrons. The lowest BCUT2D eigenvalue weighted by Gasteiger charge is -2.39. The summed E-state index contributed by atoms with van der Waals surface area (Å²) >= 11 is 15.0. The van der Waals surface area contributed by atoms with Crippen molar-refractivity contribution >= 4 is 52.3 Å². The molecule has 5 rings (SSSR count). The fourth-order valence-electron chi connectivity index (χ4n) is 5.15. The maximum atomic E-state index is 11.5. The van der Waals surface area contributed by atoms with Crippen LogP contribution in [0.15, 0.2) is 71.6 Å². The van der Waals surface area contributed by atoms with Gasteiger partial charge in [-0.3, -0.25) is 10.1 Å². The number of carbonyl (C=O) groups excluding carboxylic acids is 1. The second-order valence-electron chi connectivity index (χ2n) is 8.48. The summed E-state index contributed by atoms with van der Waals surface area (Å²) in [6.45, 7) is 0. The topological polar surface area (TPSA) is 95.3 Å². The number of halogens is 2. The molecule has 34 heavy (non-hydrogen) atoms. The SMILES string of the molecule is O=C([O-])c1ccc2c(c1)[C@H]1[C@H](Cl)[C@H](Sc3ccccc3[N+](=O)[O-])C[C@H]1[C@H](c1ccccc1Cl)N2. The number of carbonyl (C=O) groups is 1. The van der Waals surface area contributed by atoms with Crippen LogP contribution >= 0.6 is 35.0 Å². The van der Waals surface area contributed by atoms with Crippen LogP contribution in [0.2, 0.25) is 5.02 Å². The third-order valence-electron chi connectivity index (χ3n) is 6.63. The van der Waals surface area contributed by atoms with Crippen molar-refractivity contribution in [3.63, 3.8) is 0 Å². The number of rotatable bonds is 5. The molecule has 0 radical (unpaired) electrons. The number of hydrogen-bond acceptors (Lipinski definition) is 6. The largest absolute Gasteiger partial charge is 0.545 e. The van der Waals surface area contributed by atoms with Gasteiger partial charge >= 0.3 is 0 Å². The highest BCUT2D eigenvalue weighted by Gasteiger charge is 2.50. The van der Waals surface area contributed by atoms with Crippen molar-refractivity contribution < 1.29 is 14.8 Å². The van der Waals surface area contributed by atoms with Gasteiger partial charge in [-0.25, -0.2) is 0 Å². The van der Waals surface area contributed by atoms with Crippen molar-refractivity contribution in [2.75, 3.05) is 5.32 Å². The number of carboxylic acid groups (broad SMARTS) is 1. The molecule has 0 saturated heterocycles. The van der Waals surface area contributed by atoms with E-state index in [0.717, 1.165) is 16.8 Å². The molecule has 1 aliphatic carbocycles. The molecule has 0 aromatic heterocycles. The third kappa shape index (κ3) is 4.02. The Bertz CT molecular complexity index is 1290. The number of nitro groups is 1. The van der Waals surface area contributed by atoms with Crippen LogP contribution in [0.3, 0.4) is 0 Å². The Morgan fingerprint density at radius 3 is 2.53 bits per heavy atom. The van der Waals surface area contributed by atoms with Gasteiger partial charge in [0.1, 0.15) is 0 Å². The number of fused-ring (bicyclic) bond motifs is 3. The zero-order chi connectivity index (χ0) is 24.0. The fourth-order valence-corrected chi connectivity index (χ4v) is 7.35. The highest BCUT2D eigenvalue weighted by Crippen LogP contribution is 2.58. The lowest BCUT2D eigenvalue weighted by molar-refractivity contribution is -0.387. The van der Waals surface area contributed by atoms with Gasteiger partial charge in [0.15, 0.2) is 0 Å². The van der Waals surface area contributed by atoms with E-state index in [1.165, 1.54) is 23.9 Å². The average Bonchev–Trinajstić information content (AvgIpc) is 3.15. The van der Waals surface area contributed by atoms with Crippen molar-refractivity contribution in [1.29, 1.82) is 0 Å². The van der Waals surface area contributed by atoms with Gasteiger partial charge in [-0.2, -0.15) is 0 Å². The monoisotopic (exact) mass is 513 g/mol. The summed E-state index contributed by atoms with van der Waals surface area (Å²) in [5.74, 6) is -1.41. The average molecular weight is 514 g/mol. The zero-order valence-electron chi connectivity index (χ0n) is 17.7. The summed E-state index contributed by atoms with van der Waals surface area (Å²) in [6.07, 6.45) is 0.674. The van der Waals surface area contributed by atoms with Gasteiger partial charge in [0.2, 0.25) is 0 Å². The Hall–Kier alpha value is -2.74. The maximum Gasteiger partial charge on any atom is 0.282 e. The standard InChI is InChI=1S/C25H20Cl2N2O4S/c26-17-6-2-1-5-14(17)24-16-12-21(34-20-8-4-3-7-19(20)29(32)33)23(27)22(16)15-11-13(25(30)31)9-10-18(15)28-24/h1-11,16,21-24,28H,12H2,(H,30,31)/p-1/t16-,21-,22-,23-,24+/m1/s1. The van der Waals surface area contributed by atoms with E-state index >= 15 is 0 Å². The van der Waals surface area contributed by atoms with E-state index in [2.05, 4.69) is 5.32 Å². The van der Waals surface area contributed by atoms with E-state index < -0.39 is 5.97 Å².